The molecule has 0 aliphatic carbocycles. The third-order valence-corrected chi connectivity index (χ3v) is 6.81. The number of imide groups is 1. The van der Waals surface area contributed by atoms with E-state index in [0.717, 1.165) is 0 Å². The highest BCUT2D eigenvalue weighted by atomic mass is 32.2. The van der Waals surface area contributed by atoms with Gasteiger partial charge in [0, 0.05) is 30.3 Å². The van der Waals surface area contributed by atoms with Crippen LogP contribution in [0.1, 0.15) is 28.8 Å². The fourth-order valence-corrected chi connectivity index (χ4v) is 4.96. The third kappa shape index (κ3) is 3.36. The molecule has 3 amide bonds. The van der Waals surface area contributed by atoms with Crippen molar-refractivity contribution in [1.29, 1.82) is 0 Å². The van der Waals surface area contributed by atoms with Gasteiger partial charge in [0.25, 0.3) is 15.9 Å². The lowest BCUT2D eigenvalue weighted by atomic mass is 10.0. The molecular formula is C20H17N3O7S. The molecule has 0 saturated carbocycles. The molecule has 3 heterocycles. The number of ether oxygens (including phenoxy) is 2. The summed E-state index contributed by atoms with van der Waals surface area (Å²) >= 11 is 0. The van der Waals surface area contributed by atoms with Crippen molar-refractivity contribution in [1.82, 2.24) is 10.2 Å². The Balaban J connectivity index is 1.37. The average molecular weight is 443 g/mol. The average Bonchev–Trinajstić information content (AvgIpc) is 3.31. The number of carbonyl (C=O) groups excluding carboxylic acids is 3. The highest BCUT2D eigenvalue weighted by Gasteiger charge is 2.39. The molecule has 3 aliphatic heterocycles. The van der Waals surface area contributed by atoms with Gasteiger partial charge >= 0.3 is 0 Å². The molecule has 2 aromatic carbocycles. The van der Waals surface area contributed by atoms with Gasteiger partial charge in [-0.25, -0.2) is 8.42 Å². The summed E-state index contributed by atoms with van der Waals surface area (Å²) in [5.74, 6) is -0.354. The zero-order valence-corrected chi connectivity index (χ0v) is 16.9. The van der Waals surface area contributed by atoms with E-state index in [1.54, 1.807) is 6.07 Å². The first kappa shape index (κ1) is 19.4. The molecule has 31 heavy (non-hydrogen) atoms. The fourth-order valence-electron chi connectivity index (χ4n) is 3.90. The van der Waals surface area contributed by atoms with Crippen LogP contribution < -0.4 is 19.5 Å². The molecule has 11 heteroatoms. The molecule has 10 nitrogen and oxygen atoms in total. The van der Waals surface area contributed by atoms with Crippen molar-refractivity contribution < 1.29 is 32.3 Å². The van der Waals surface area contributed by atoms with Crippen LogP contribution in [0.5, 0.6) is 11.5 Å². The largest absolute Gasteiger partial charge is 0.454 e. The second-order valence-electron chi connectivity index (χ2n) is 7.39. The Morgan fingerprint density at radius 3 is 2.65 bits per heavy atom. The minimum absolute atomic E-state index is 0.0125. The van der Waals surface area contributed by atoms with Crippen LogP contribution in [0, 0.1) is 0 Å². The molecular weight excluding hydrogens is 426 g/mol. The van der Waals surface area contributed by atoms with Crippen LogP contribution in [0.4, 0.5) is 5.69 Å². The van der Waals surface area contributed by atoms with Gasteiger partial charge in [-0.05, 0) is 42.3 Å². The molecule has 0 spiro atoms. The number of nitrogens with zero attached hydrogens (tertiary/aromatic N) is 1. The summed E-state index contributed by atoms with van der Waals surface area (Å²) in [5, 5.41) is 2.25. The van der Waals surface area contributed by atoms with Crippen molar-refractivity contribution in [3.05, 3.63) is 47.5 Å². The second-order valence-corrected chi connectivity index (χ2v) is 9.07. The third-order valence-electron chi connectivity index (χ3n) is 5.43. The standard InChI is InChI=1S/C20H17N3O7S/c24-18-6-4-15(19(25)21-18)23-9-11-7-12(1-3-14(11)20(23)26)22-31(27,28)13-2-5-16-17(8-13)30-10-29-16/h1-3,5,7-8,15,22H,4,6,9-10H2,(H,21,24,25). The van der Waals surface area contributed by atoms with Gasteiger partial charge in [0.1, 0.15) is 6.04 Å². The summed E-state index contributed by atoms with van der Waals surface area (Å²) in [7, 11) is -3.90. The number of rotatable bonds is 4. The van der Waals surface area contributed by atoms with Crippen molar-refractivity contribution in [3.63, 3.8) is 0 Å². The molecule has 0 aromatic heterocycles. The van der Waals surface area contributed by atoms with Gasteiger partial charge in [-0.2, -0.15) is 0 Å². The molecule has 2 N–H and O–H groups in total. The quantitative estimate of drug-likeness (QED) is 0.674. The summed E-state index contributed by atoms with van der Waals surface area (Å²) in [5.41, 5.74) is 1.28. The highest BCUT2D eigenvalue weighted by Crippen LogP contribution is 2.35. The number of nitrogens with one attached hydrogen (secondary N) is 2. The van der Waals surface area contributed by atoms with E-state index in [1.807, 2.05) is 0 Å². The number of hydrogen-bond donors (Lipinski definition) is 2. The first-order chi connectivity index (χ1) is 14.8. The van der Waals surface area contributed by atoms with Gasteiger partial charge in [-0.1, -0.05) is 0 Å². The van der Waals surface area contributed by atoms with E-state index in [1.165, 1.54) is 35.2 Å². The summed E-state index contributed by atoms with van der Waals surface area (Å²) in [6, 6.07) is 8.19. The van der Waals surface area contributed by atoms with E-state index >= 15 is 0 Å². The lowest BCUT2D eigenvalue weighted by Gasteiger charge is -2.29. The smallest absolute Gasteiger partial charge is 0.262 e. The van der Waals surface area contributed by atoms with Crippen LogP contribution >= 0.6 is 0 Å². The summed E-state index contributed by atoms with van der Waals surface area (Å²) in [6.07, 6.45) is 0.422. The summed E-state index contributed by atoms with van der Waals surface area (Å²) < 4.78 is 38.5. The van der Waals surface area contributed by atoms with Crippen molar-refractivity contribution in [2.24, 2.45) is 0 Å². The molecule has 0 bridgehead atoms. The highest BCUT2D eigenvalue weighted by molar-refractivity contribution is 7.92. The van der Waals surface area contributed by atoms with Gasteiger partial charge in [0.2, 0.25) is 18.6 Å². The van der Waals surface area contributed by atoms with E-state index in [-0.39, 0.29) is 48.6 Å². The predicted molar refractivity (Wildman–Crippen MR) is 106 cm³/mol. The Labute approximate surface area is 177 Å². The van der Waals surface area contributed by atoms with Gasteiger partial charge in [-0.3, -0.25) is 24.4 Å². The molecule has 3 aliphatic rings. The van der Waals surface area contributed by atoms with Gasteiger partial charge in [0.15, 0.2) is 11.5 Å². The SMILES string of the molecule is O=C1CCC(N2Cc3cc(NS(=O)(=O)c4ccc5c(c4)OCO5)ccc3C2=O)C(=O)N1. The van der Waals surface area contributed by atoms with Gasteiger partial charge < -0.3 is 14.4 Å². The Morgan fingerprint density at radius 1 is 1.03 bits per heavy atom. The Hall–Kier alpha value is -3.60. The van der Waals surface area contributed by atoms with Crippen LogP contribution in [0.15, 0.2) is 41.3 Å². The van der Waals surface area contributed by atoms with E-state index in [2.05, 4.69) is 10.0 Å². The maximum absolute atomic E-state index is 12.8. The molecule has 2 aromatic rings. The number of anilines is 1. The number of fused-ring (bicyclic) bond motifs is 2. The molecule has 5 rings (SSSR count). The number of hydrogen-bond acceptors (Lipinski definition) is 7. The van der Waals surface area contributed by atoms with Gasteiger partial charge in [-0.15, -0.1) is 0 Å². The van der Waals surface area contributed by atoms with Crippen molar-refractivity contribution in [3.8, 4) is 11.5 Å². The van der Waals surface area contributed by atoms with Crippen LogP contribution in [-0.4, -0.2) is 43.9 Å². The van der Waals surface area contributed by atoms with Crippen LogP contribution in [0.3, 0.4) is 0 Å². The molecule has 1 fully saturated rings. The topological polar surface area (TPSA) is 131 Å². The van der Waals surface area contributed by atoms with Crippen LogP contribution in [-0.2, 0) is 26.2 Å². The van der Waals surface area contributed by atoms with Crippen molar-refractivity contribution in [2.75, 3.05) is 11.5 Å². The van der Waals surface area contributed by atoms with Crippen LogP contribution in [0.25, 0.3) is 0 Å². The predicted octanol–water partition coefficient (Wildman–Crippen LogP) is 0.977. The summed E-state index contributed by atoms with van der Waals surface area (Å²) in [6.45, 7) is 0.189. The summed E-state index contributed by atoms with van der Waals surface area (Å²) in [4.78, 5) is 37.7. The first-order valence-electron chi connectivity index (χ1n) is 9.52. The van der Waals surface area contributed by atoms with E-state index < -0.39 is 22.0 Å². The van der Waals surface area contributed by atoms with Crippen LogP contribution in [0.2, 0.25) is 0 Å². The van der Waals surface area contributed by atoms with Crippen molar-refractivity contribution >= 4 is 33.4 Å². The number of amides is 3. The lowest BCUT2D eigenvalue weighted by molar-refractivity contribution is -0.136. The number of sulfonamides is 1. The fraction of sp³-hybridized carbons (Fsp3) is 0.250. The monoisotopic (exact) mass is 443 g/mol. The van der Waals surface area contributed by atoms with E-state index in [0.29, 0.717) is 22.6 Å². The number of benzene rings is 2. The Kier molecular flexibility index (Phi) is 4.36. The molecule has 1 atom stereocenters. The lowest BCUT2D eigenvalue weighted by Crippen LogP contribution is -2.52. The maximum Gasteiger partial charge on any atom is 0.262 e. The van der Waals surface area contributed by atoms with E-state index in [9.17, 15) is 22.8 Å². The Bertz CT molecular complexity index is 1240. The number of piperidine rings is 1. The molecule has 1 saturated heterocycles. The number of carbonyl (C=O) groups is 3. The minimum atomic E-state index is -3.90. The second kappa shape index (κ2) is 6.98. The zero-order valence-electron chi connectivity index (χ0n) is 16.1. The molecule has 1 unspecified atom stereocenters. The Morgan fingerprint density at radius 2 is 1.84 bits per heavy atom. The van der Waals surface area contributed by atoms with E-state index in [4.69, 9.17) is 9.47 Å². The van der Waals surface area contributed by atoms with Gasteiger partial charge in [0.05, 0.1) is 4.90 Å². The minimum Gasteiger partial charge on any atom is -0.454 e. The molecule has 0 radical (unpaired) electrons. The normalized spacial score (nSPS) is 19.9. The van der Waals surface area contributed by atoms with Crippen molar-refractivity contribution in [2.45, 2.75) is 30.3 Å². The first-order valence-corrected chi connectivity index (χ1v) is 11.0. The zero-order chi connectivity index (χ0) is 21.8. The molecule has 160 valence electrons. The maximum atomic E-state index is 12.8.